The van der Waals surface area contributed by atoms with Crippen LogP contribution in [-0.2, 0) is 14.3 Å². The maximum atomic E-state index is 12.4. The quantitative estimate of drug-likeness (QED) is 0.831. The fourth-order valence-corrected chi connectivity index (χ4v) is 4.82. The molecule has 27 heavy (non-hydrogen) atoms. The SMILES string of the molecule is Cc1ccc2c(cnn2C2CCCCO2)c1[C@@H]1C(C(=O)O)C(=O)CC[C@H]1C. The van der Waals surface area contributed by atoms with Gasteiger partial charge in [0.25, 0.3) is 0 Å². The number of nitrogens with zero attached hydrogens (tertiary/aromatic N) is 2. The summed E-state index contributed by atoms with van der Waals surface area (Å²) in [6.45, 7) is 4.79. The van der Waals surface area contributed by atoms with E-state index in [0.29, 0.717) is 6.42 Å². The van der Waals surface area contributed by atoms with Gasteiger partial charge in [-0.25, -0.2) is 4.68 Å². The number of carboxylic acids is 1. The molecule has 2 aromatic rings. The lowest BCUT2D eigenvalue weighted by Gasteiger charge is -2.34. The zero-order valence-electron chi connectivity index (χ0n) is 15.9. The van der Waals surface area contributed by atoms with Gasteiger partial charge in [0, 0.05) is 24.3 Å². The lowest BCUT2D eigenvalue weighted by Crippen LogP contribution is -2.38. The molecule has 1 saturated carbocycles. The highest BCUT2D eigenvalue weighted by atomic mass is 16.5. The van der Waals surface area contributed by atoms with E-state index in [1.54, 1.807) is 0 Å². The second kappa shape index (κ2) is 7.08. The molecule has 144 valence electrons. The molecule has 1 N–H and O–H groups in total. The van der Waals surface area contributed by atoms with Gasteiger partial charge in [-0.2, -0.15) is 5.10 Å². The fourth-order valence-electron chi connectivity index (χ4n) is 4.82. The predicted molar refractivity (Wildman–Crippen MR) is 101 cm³/mol. The first-order valence-electron chi connectivity index (χ1n) is 9.83. The minimum absolute atomic E-state index is 0.0764. The number of carboxylic acid groups (broad SMARTS) is 1. The van der Waals surface area contributed by atoms with E-state index in [2.05, 4.69) is 12.0 Å². The van der Waals surface area contributed by atoms with E-state index in [-0.39, 0.29) is 23.8 Å². The number of ether oxygens (including phenoxy) is 1. The summed E-state index contributed by atoms with van der Waals surface area (Å²) in [5.74, 6) is -2.35. The molecule has 1 saturated heterocycles. The number of hydrogen-bond donors (Lipinski definition) is 1. The first-order valence-corrected chi connectivity index (χ1v) is 9.83. The Hall–Kier alpha value is -2.21. The third-order valence-electron chi connectivity index (χ3n) is 6.23. The van der Waals surface area contributed by atoms with E-state index in [9.17, 15) is 14.7 Å². The Kier molecular flexibility index (Phi) is 4.76. The van der Waals surface area contributed by atoms with Crippen LogP contribution in [0.4, 0.5) is 0 Å². The molecule has 1 aliphatic carbocycles. The standard InChI is InChI=1S/C21H26N2O4/c1-12-6-8-15-14(11-22-23(15)17-5-3-4-10-27-17)18(12)19-13(2)7-9-16(24)20(19)21(25)26/h6,8,11,13,17,19-20H,3-5,7,9-10H2,1-2H3,(H,25,26)/t13-,17?,19-,20?/m1/s1. The Bertz CT molecular complexity index is 882. The molecule has 1 aromatic heterocycles. The van der Waals surface area contributed by atoms with E-state index in [0.717, 1.165) is 54.3 Å². The average Bonchev–Trinajstić information content (AvgIpc) is 3.08. The number of aromatic nitrogens is 2. The van der Waals surface area contributed by atoms with Crippen LogP contribution in [-0.4, -0.2) is 33.2 Å². The largest absolute Gasteiger partial charge is 0.481 e. The molecule has 2 unspecified atom stereocenters. The number of aryl methyl sites for hydroxylation is 1. The summed E-state index contributed by atoms with van der Waals surface area (Å²) in [6.07, 6.45) is 5.92. The van der Waals surface area contributed by atoms with Crippen LogP contribution in [0.2, 0.25) is 0 Å². The van der Waals surface area contributed by atoms with Gasteiger partial charge < -0.3 is 9.84 Å². The van der Waals surface area contributed by atoms with Crippen molar-refractivity contribution in [1.82, 2.24) is 9.78 Å². The molecular weight excluding hydrogens is 344 g/mol. The maximum Gasteiger partial charge on any atom is 0.314 e. The summed E-state index contributed by atoms with van der Waals surface area (Å²) in [5, 5.41) is 15.3. The number of benzene rings is 1. The van der Waals surface area contributed by atoms with Gasteiger partial charge >= 0.3 is 5.97 Å². The number of Topliss-reactive ketones (excluding diaryl/α,β-unsaturated/α-hetero) is 1. The minimum Gasteiger partial charge on any atom is -0.481 e. The molecule has 0 amide bonds. The van der Waals surface area contributed by atoms with E-state index in [1.165, 1.54) is 0 Å². The third kappa shape index (κ3) is 3.06. The summed E-state index contributed by atoms with van der Waals surface area (Å²) in [4.78, 5) is 24.4. The third-order valence-corrected chi connectivity index (χ3v) is 6.23. The summed E-state index contributed by atoms with van der Waals surface area (Å²) in [6, 6.07) is 4.05. The van der Waals surface area contributed by atoms with Gasteiger partial charge in [-0.15, -0.1) is 0 Å². The number of aliphatic carboxylic acids is 1. The van der Waals surface area contributed by atoms with Crippen LogP contribution >= 0.6 is 0 Å². The van der Waals surface area contributed by atoms with Gasteiger partial charge in [0.05, 0.1) is 11.7 Å². The molecule has 2 aliphatic rings. The van der Waals surface area contributed by atoms with Crippen LogP contribution < -0.4 is 0 Å². The average molecular weight is 370 g/mol. The first-order chi connectivity index (χ1) is 13.0. The Labute approximate surface area is 158 Å². The van der Waals surface area contributed by atoms with E-state index in [1.807, 2.05) is 29.9 Å². The summed E-state index contributed by atoms with van der Waals surface area (Å²) >= 11 is 0. The van der Waals surface area contributed by atoms with Crippen LogP contribution in [0.15, 0.2) is 18.3 Å². The van der Waals surface area contributed by atoms with Gasteiger partial charge in [0.1, 0.15) is 11.7 Å². The number of hydrogen-bond acceptors (Lipinski definition) is 4. The Morgan fingerprint density at radius 2 is 2.11 bits per heavy atom. The van der Waals surface area contributed by atoms with Gasteiger partial charge in [0.15, 0.2) is 6.23 Å². The first kappa shape index (κ1) is 18.2. The van der Waals surface area contributed by atoms with Crippen LogP contribution in [0, 0.1) is 18.8 Å². The summed E-state index contributed by atoms with van der Waals surface area (Å²) < 4.78 is 7.81. The van der Waals surface area contributed by atoms with Crippen molar-refractivity contribution in [1.29, 1.82) is 0 Å². The number of ketones is 1. The van der Waals surface area contributed by atoms with Gasteiger partial charge in [-0.1, -0.05) is 13.0 Å². The van der Waals surface area contributed by atoms with E-state index in [4.69, 9.17) is 4.74 Å². The zero-order chi connectivity index (χ0) is 19.1. The van der Waals surface area contributed by atoms with Crippen molar-refractivity contribution in [3.8, 4) is 0 Å². The van der Waals surface area contributed by atoms with Crippen molar-refractivity contribution in [3.63, 3.8) is 0 Å². The van der Waals surface area contributed by atoms with E-state index >= 15 is 0 Å². The van der Waals surface area contributed by atoms with Crippen LogP contribution in [0.3, 0.4) is 0 Å². The highest BCUT2D eigenvalue weighted by Gasteiger charge is 2.43. The van der Waals surface area contributed by atoms with Crippen LogP contribution in [0.5, 0.6) is 0 Å². The molecule has 0 radical (unpaired) electrons. The molecule has 4 atom stereocenters. The number of fused-ring (bicyclic) bond motifs is 1. The number of carbonyl (C=O) groups is 2. The van der Waals surface area contributed by atoms with Crippen molar-refractivity contribution in [2.24, 2.45) is 11.8 Å². The van der Waals surface area contributed by atoms with E-state index < -0.39 is 11.9 Å². The molecule has 2 fully saturated rings. The van der Waals surface area contributed by atoms with Gasteiger partial charge in [-0.3, -0.25) is 9.59 Å². The monoisotopic (exact) mass is 370 g/mol. The fraction of sp³-hybridized carbons (Fsp3) is 0.571. The van der Waals surface area contributed by atoms with Crippen molar-refractivity contribution >= 4 is 22.7 Å². The van der Waals surface area contributed by atoms with Crippen LogP contribution in [0.25, 0.3) is 10.9 Å². The second-order valence-corrected chi connectivity index (χ2v) is 7.96. The highest BCUT2D eigenvalue weighted by molar-refractivity contribution is 6.01. The Morgan fingerprint density at radius 1 is 1.30 bits per heavy atom. The van der Waals surface area contributed by atoms with Gasteiger partial charge in [-0.05, 0) is 55.7 Å². The molecule has 1 aromatic carbocycles. The van der Waals surface area contributed by atoms with Gasteiger partial charge in [0.2, 0.25) is 0 Å². The summed E-state index contributed by atoms with van der Waals surface area (Å²) in [5.41, 5.74) is 2.93. The lowest BCUT2D eigenvalue weighted by atomic mass is 9.67. The predicted octanol–water partition coefficient (Wildman–Crippen LogP) is 3.83. The zero-order valence-corrected chi connectivity index (χ0v) is 15.9. The molecule has 6 heteroatoms. The number of rotatable bonds is 3. The Morgan fingerprint density at radius 3 is 2.81 bits per heavy atom. The molecule has 0 spiro atoms. The van der Waals surface area contributed by atoms with Crippen molar-refractivity contribution in [2.45, 2.75) is 58.1 Å². The maximum absolute atomic E-state index is 12.4. The molecule has 6 nitrogen and oxygen atoms in total. The summed E-state index contributed by atoms with van der Waals surface area (Å²) in [7, 11) is 0. The highest BCUT2D eigenvalue weighted by Crippen LogP contribution is 2.44. The molecule has 1 aliphatic heterocycles. The van der Waals surface area contributed by atoms with Crippen molar-refractivity contribution < 1.29 is 19.4 Å². The van der Waals surface area contributed by atoms with Crippen molar-refractivity contribution in [3.05, 3.63) is 29.5 Å². The Balaban J connectivity index is 1.85. The van der Waals surface area contributed by atoms with Crippen molar-refractivity contribution in [2.75, 3.05) is 6.61 Å². The lowest BCUT2D eigenvalue weighted by molar-refractivity contribution is -0.149. The molecule has 0 bridgehead atoms. The molecule has 4 rings (SSSR count). The second-order valence-electron chi connectivity index (χ2n) is 7.96. The topological polar surface area (TPSA) is 81.4 Å². The molecule has 2 heterocycles. The molecular formula is C21H26N2O4. The minimum atomic E-state index is -1.02. The normalized spacial score (nSPS) is 29.2. The smallest absolute Gasteiger partial charge is 0.314 e. The number of carbonyl (C=O) groups excluding carboxylic acids is 1. The van der Waals surface area contributed by atoms with Crippen LogP contribution in [0.1, 0.15) is 62.3 Å².